The van der Waals surface area contributed by atoms with E-state index in [1.54, 1.807) is 0 Å². The normalized spacial score (nSPS) is 10.6. The summed E-state index contributed by atoms with van der Waals surface area (Å²) in [4.78, 5) is 11.2. The Morgan fingerprint density at radius 3 is 2.29 bits per heavy atom. The minimum atomic E-state index is -0.0113. The lowest BCUT2D eigenvalue weighted by molar-refractivity contribution is 0.102. The van der Waals surface area contributed by atoms with E-state index in [1.165, 1.54) is 5.56 Å². The van der Waals surface area contributed by atoms with E-state index in [-0.39, 0.29) is 11.7 Å². The zero-order chi connectivity index (χ0) is 10.6. The summed E-state index contributed by atoms with van der Waals surface area (Å²) in [5, 5.41) is 0. The van der Waals surface area contributed by atoms with Gasteiger partial charge in [-0.15, -0.1) is 11.6 Å². The Morgan fingerprint density at radius 1 is 1.29 bits per heavy atom. The molecule has 0 bridgehead atoms. The third-order valence-corrected chi connectivity index (χ3v) is 2.28. The summed E-state index contributed by atoms with van der Waals surface area (Å²) < 4.78 is 0. The second kappa shape index (κ2) is 5.16. The van der Waals surface area contributed by atoms with Crippen LogP contribution in [0.3, 0.4) is 0 Å². The van der Waals surface area contributed by atoms with Crippen molar-refractivity contribution in [3.8, 4) is 0 Å². The Bertz CT molecular complexity index is 301. The maximum absolute atomic E-state index is 11.2. The number of carbonyl (C=O) groups is 1. The number of alkyl halides is 1. The Kier molecular flexibility index (Phi) is 4.15. The zero-order valence-electron chi connectivity index (χ0n) is 8.59. The first kappa shape index (κ1) is 11.3. The Morgan fingerprint density at radius 2 is 1.86 bits per heavy atom. The molecule has 0 saturated carbocycles. The van der Waals surface area contributed by atoms with E-state index in [0.717, 1.165) is 6.42 Å². The Hall–Kier alpha value is -0.820. The number of hydrogen-bond acceptors (Lipinski definition) is 1. The van der Waals surface area contributed by atoms with Crippen LogP contribution in [-0.2, 0) is 6.42 Å². The number of hydrogen-bond donors (Lipinski definition) is 0. The third-order valence-electron chi connectivity index (χ3n) is 2.04. The fourth-order valence-corrected chi connectivity index (χ4v) is 1.53. The highest BCUT2D eigenvalue weighted by Gasteiger charge is 2.03. The van der Waals surface area contributed by atoms with Crippen molar-refractivity contribution in [3.63, 3.8) is 0 Å². The van der Waals surface area contributed by atoms with Gasteiger partial charge < -0.3 is 0 Å². The van der Waals surface area contributed by atoms with Gasteiger partial charge in [-0.2, -0.15) is 0 Å². The summed E-state index contributed by atoms with van der Waals surface area (Å²) in [5.74, 6) is 0.691. The molecule has 0 aliphatic heterocycles. The van der Waals surface area contributed by atoms with E-state index in [4.69, 9.17) is 11.6 Å². The van der Waals surface area contributed by atoms with Crippen LogP contribution in [0.4, 0.5) is 0 Å². The first-order valence-electron chi connectivity index (χ1n) is 4.81. The molecule has 0 aliphatic carbocycles. The van der Waals surface area contributed by atoms with E-state index in [9.17, 15) is 4.79 Å². The summed E-state index contributed by atoms with van der Waals surface area (Å²) in [6, 6.07) is 7.70. The van der Waals surface area contributed by atoms with Gasteiger partial charge in [-0.1, -0.05) is 38.1 Å². The van der Waals surface area contributed by atoms with Crippen LogP contribution in [0.25, 0.3) is 0 Å². The van der Waals surface area contributed by atoms with E-state index in [2.05, 4.69) is 13.8 Å². The molecule has 0 atom stereocenters. The topological polar surface area (TPSA) is 17.1 Å². The highest BCUT2D eigenvalue weighted by molar-refractivity contribution is 6.30. The molecule has 0 fully saturated rings. The van der Waals surface area contributed by atoms with Crippen molar-refractivity contribution in [2.75, 3.05) is 5.88 Å². The molecule has 0 spiro atoms. The van der Waals surface area contributed by atoms with Crippen LogP contribution in [0, 0.1) is 5.92 Å². The van der Waals surface area contributed by atoms with Crippen LogP contribution in [-0.4, -0.2) is 11.7 Å². The molecule has 0 amide bonds. The summed E-state index contributed by atoms with van der Waals surface area (Å²) in [5.41, 5.74) is 1.97. The summed E-state index contributed by atoms with van der Waals surface area (Å²) >= 11 is 5.46. The standard InChI is InChI=1S/C12H15ClO/c1-9(2)7-10-3-5-11(6-4-10)12(14)8-13/h3-6,9H,7-8H2,1-2H3. The van der Waals surface area contributed by atoms with Gasteiger partial charge in [0.15, 0.2) is 5.78 Å². The molecule has 14 heavy (non-hydrogen) atoms. The van der Waals surface area contributed by atoms with Crippen LogP contribution < -0.4 is 0 Å². The molecule has 1 aromatic rings. The molecule has 0 unspecified atom stereocenters. The second-order valence-electron chi connectivity index (χ2n) is 3.85. The monoisotopic (exact) mass is 210 g/mol. The van der Waals surface area contributed by atoms with Gasteiger partial charge in [0.05, 0.1) is 5.88 Å². The molecule has 0 heterocycles. The predicted molar refractivity (Wildman–Crippen MR) is 60.0 cm³/mol. The minimum Gasteiger partial charge on any atom is -0.293 e. The number of rotatable bonds is 4. The van der Waals surface area contributed by atoms with E-state index in [0.29, 0.717) is 11.5 Å². The third kappa shape index (κ3) is 3.15. The van der Waals surface area contributed by atoms with Crippen molar-refractivity contribution < 1.29 is 4.79 Å². The SMILES string of the molecule is CC(C)Cc1ccc(C(=O)CCl)cc1. The largest absolute Gasteiger partial charge is 0.293 e. The van der Waals surface area contributed by atoms with Crippen molar-refractivity contribution in [3.05, 3.63) is 35.4 Å². The first-order chi connectivity index (χ1) is 6.63. The van der Waals surface area contributed by atoms with Crippen LogP contribution in [0.1, 0.15) is 29.8 Å². The van der Waals surface area contributed by atoms with Gasteiger partial charge in [0.1, 0.15) is 0 Å². The summed E-state index contributed by atoms with van der Waals surface area (Å²) in [6.07, 6.45) is 1.05. The number of Topliss-reactive ketones (excluding diaryl/α,β-unsaturated/α-hetero) is 1. The number of ketones is 1. The lowest BCUT2D eigenvalue weighted by atomic mass is 10.0. The van der Waals surface area contributed by atoms with Crippen molar-refractivity contribution in [2.24, 2.45) is 5.92 Å². The van der Waals surface area contributed by atoms with Gasteiger partial charge in [-0.25, -0.2) is 0 Å². The quantitative estimate of drug-likeness (QED) is 0.551. The molecular formula is C12H15ClO. The molecule has 1 rings (SSSR count). The zero-order valence-corrected chi connectivity index (χ0v) is 9.34. The van der Waals surface area contributed by atoms with E-state index < -0.39 is 0 Å². The average molecular weight is 211 g/mol. The van der Waals surface area contributed by atoms with Crippen LogP contribution in [0.5, 0.6) is 0 Å². The minimum absolute atomic E-state index is 0.0113. The van der Waals surface area contributed by atoms with Gasteiger partial charge in [0.25, 0.3) is 0 Å². The molecule has 0 aliphatic rings. The van der Waals surface area contributed by atoms with E-state index >= 15 is 0 Å². The average Bonchev–Trinajstić information content (AvgIpc) is 2.17. The van der Waals surface area contributed by atoms with Gasteiger partial charge in [-0.05, 0) is 17.9 Å². The van der Waals surface area contributed by atoms with Crippen LogP contribution in [0.2, 0.25) is 0 Å². The number of halogens is 1. The molecule has 0 radical (unpaired) electrons. The molecule has 0 saturated heterocycles. The van der Waals surface area contributed by atoms with Crippen molar-refractivity contribution in [1.29, 1.82) is 0 Å². The molecule has 1 aromatic carbocycles. The van der Waals surface area contributed by atoms with Gasteiger partial charge in [-0.3, -0.25) is 4.79 Å². The predicted octanol–water partition coefficient (Wildman–Crippen LogP) is 3.31. The highest BCUT2D eigenvalue weighted by Crippen LogP contribution is 2.10. The molecule has 0 N–H and O–H groups in total. The molecule has 1 nitrogen and oxygen atoms in total. The smallest absolute Gasteiger partial charge is 0.177 e. The van der Waals surface area contributed by atoms with Crippen molar-refractivity contribution >= 4 is 17.4 Å². The lowest BCUT2D eigenvalue weighted by Gasteiger charge is -2.05. The Balaban J connectivity index is 2.73. The summed E-state index contributed by atoms with van der Waals surface area (Å²) in [7, 11) is 0. The molecule has 76 valence electrons. The van der Waals surface area contributed by atoms with Crippen molar-refractivity contribution in [1.82, 2.24) is 0 Å². The molecule has 0 aromatic heterocycles. The first-order valence-corrected chi connectivity index (χ1v) is 5.35. The number of carbonyl (C=O) groups excluding carboxylic acids is 1. The maximum atomic E-state index is 11.2. The Labute approximate surface area is 90.1 Å². The maximum Gasteiger partial charge on any atom is 0.177 e. The fourth-order valence-electron chi connectivity index (χ4n) is 1.38. The highest BCUT2D eigenvalue weighted by atomic mass is 35.5. The molecular weight excluding hydrogens is 196 g/mol. The van der Waals surface area contributed by atoms with Crippen molar-refractivity contribution in [2.45, 2.75) is 20.3 Å². The summed E-state index contributed by atoms with van der Waals surface area (Å²) in [6.45, 7) is 4.36. The lowest BCUT2D eigenvalue weighted by Crippen LogP contribution is -2.01. The van der Waals surface area contributed by atoms with Gasteiger partial charge in [0.2, 0.25) is 0 Å². The van der Waals surface area contributed by atoms with E-state index in [1.807, 2.05) is 24.3 Å². The second-order valence-corrected chi connectivity index (χ2v) is 4.12. The van der Waals surface area contributed by atoms with Crippen LogP contribution >= 0.6 is 11.6 Å². The van der Waals surface area contributed by atoms with Gasteiger partial charge in [0, 0.05) is 5.56 Å². The number of benzene rings is 1. The fraction of sp³-hybridized carbons (Fsp3) is 0.417. The van der Waals surface area contributed by atoms with Gasteiger partial charge >= 0.3 is 0 Å². The van der Waals surface area contributed by atoms with Crippen LogP contribution in [0.15, 0.2) is 24.3 Å². The molecule has 2 heteroatoms.